The maximum atomic E-state index is 5.18. The van der Waals surface area contributed by atoms with Crippen molar-refractivity contribution in [2.24, 2.45) is 0 Å². The van der Waals surface area contributed by atoms with Gasteiger partial charge >= 0.3 is 0 Å². The SMILES string of the molecule is CCOCC[CH]CC(C)OC. The molecule has 0 fully saturated rings. The van der Waals surface area contributed by atoms with Gasteiger partial charge in [-0.25, -0.2) is 0 Å². The summed E-state index contributed by atoms with van der Waals surface area (Å²) in [4.78, 5) is 0. The largest absolute Gasteiger partial charge is 0.382 e. The van der Waals surface area contributed by atoms with Crippen molar-refractivity contribution < 1.29 is 9.47 Å². The molecule has 0 amide bonds. The van der Waals surface area contributed by atoms with Crippen molar-refractivity contribution in [3.8, 4) is 0 Å². The molecule has 1 radical (unpaired) electrons. The monoisotopic (exact) mass is 159 g/mol. The molecule has 0 rings (SSSR count). The molecular formula is C9H19O2. The molecule has 0 spiro atoms. The Labute approximate surface area is 69.9 Å². The molecule has 2 heteroatoms. The molecule has 0 saturated carbocycles. The molecule has 0 aliphatic heterocycles. The van der Waals surface area contributed by atoms with Gasteiger partial charge in [-0.1, -0.05) is 0 Å². The van der Waals surface area contributed by atoms with Gasteiger partial charge in [0.15, 0.2) is 0 Å². The fourth-order valence-corrected chi connectivity index (χ4v) is 0.760. The van der Waals surface area contributed by atoms with Gasteiger partial charge in [0.05, 0.1) is 6.10 Å². The summed E-state index contributed by atoms with van der Waals surface area (Å²) in [5, 5.41) is 0. The number of hydrogen-bond donors (Lipinski definition) is 0. The molecule has 0 aromatic heterocycles. The molecular weight excluding hydrogens is 140 g/mol. The summed E-state index contributed by atoms with van der Waals surface area (Å²) in [7, 11) is 1.74. The van der Waals surface area contributed by atoms with Crippen molar-refractivity contribution in [3.63, 3.8) is 0 Å². The minimum Gasteiger partial charge on any atom is -0.382 e. The number of methoxy groups -OCH3 is 1. The quantitative estimate of drug-likeness (QED) is 0.529. The van der Waals surface area contributed by atoms with Crippen molar-refractivity contribution in [2.75, 3.05) is 20.3 Å². The lowest BCUT2D eigenvalue weighted by Crippen LogP contribution is -2.05. The molecule has 0 aromatic carbocycles. The summed E-state index contributed by atoms with van der Waals surface area (Å²) in [5.41, 5.74) is 0. The van der Waals surface area contributed by atoms with Gasteiger partial charge in [0, 0.05) is 20.3 Å². The maximum Gasteiger partial charge on any atom is 0.0546 e. The van der Waals surface area contributed by atoms with Crippen LogP contribution < -0.4 is 0 Å². The Morgan fingerprint density at radius 2 is 2.18 bits per heavy atom. The summed E-state index contributed by atoms with van der Waals surface area (Å²) in [6.07, 6.45) is 4.60. The Morgan fingerprint density at radius 1 is 1.45 bits per heavy atom. The van der Waals surface area contributed by atoms with Crippen LogP contribution in [0.2, 0.25) is 0 Å². The summed E-state index contributed by atoms with van der Waals surface area (Å²) in [6.45, 7) is 5.73. The third-order valence-corrected chi connectivity index (χ3v) is 1.57. The van der Waals surface area contributed by atoms with Crippen molar-refractivity contribution in [2.45, 2.75) is 32.8 Å². The van der Waals surface area contributed by atoms with E-state index in [2.05, 4.69) is 13.3 Å². The van der Waals surface area contributed by atoms with Gasteiger partial charge < -0.3 is 9.47 Å². The first-order chi connectivity index (χ1) is 5.31. The van der Waals surface area contributed by atoms with Crippen LogP contribution in [-0.4, -0.2) is 26.4 Å². The van der Waals surface area contributed by atoms with Crippen LogP contribution in [0.15, 0.2) is 0 Å². The highest BCUT2D eigenvalue weighted by Crippen LogP contribution is 2.01. The third-order valence-electron chi connectivity index (χ3n) is 1.57. The average molecular weight is 159 g/mol. The average Bonchev–Trinajstić information content (AvgIpc) is 2.04. The third kappa shape index (κ3) is 7.82. The highest BCUT2D eigenvalue weighted by molar-refractivity contribution is 4.67. The predicted octanol–water partition coefficient (Wildman–Crippen LogP) is 2.04. The smallest absolute Gasteiger partial charge is 0.0546 e. The van der Waals surface area contributed by atoms with Crippen LogP contribution in [0.3, 0.4) is 0 Å². The summed E-state index contributed by atoms with van der Waals surface area (Å²) < 4.78 is 10.3. The van der Waals surface area contributed by atoms with Gasteiger partial charge in [-0.2, -0.15) is 0 Å². The second kappa shape index (κ2) is 8.02. The van der Waals surface area contributed by atoms with Crippen LogP contribution in [0.4, 0.5) is 0 Å². The van der Waals surface area contributed by atoms with Crippen LogP contribution in [-0.2, 0) is 9.47 Å². The van der Waals surface area contributed by atoms with E-state index in [-0.39, 0.29) is 0 Å². The molecule has 0 aliphatic rings. The van der Waals surface area contributed by atoms with Crippen LogP contribution in [0.25, 0.3) is 0 Å². The maximum absolute atomic E-state index is 5.18. The lowest BCUT2D eigenvalue weighted by molar-refractivity contribution is 0.113. The first kappa shape index (κ1) is 10.9. The fourth-order valence-electron chi connectivity index (χ4n) is 0.760. The zero-order chi connectivity index (χ0) is 8.53. The van der Waals surface area contributed by atoms with E-state index in [1.54, 1.807) is 7.11 Å². The van der Waals surface area contributed by atoms with Crippen molar-refractivity contribution in [1.29, 1.82) is 0 Å². The van der Waals surface area contributed by atoms with Crippen molar-refractivity contribution in [3.05, 3.63) is 6.42 Å². The molecule has 1 unspecified atom stereocenters. The molecule has 0 heterocycles. The zero-order valence-corrected chi connectivity index (χ0v) is 7.80. The van der Waals surface area contributed by atoms with E-state index >= 15 is 0 Å². The molecule has 0 bridgehead atoms. The Balaban J connectivity index is 2.89. The minimum absolute atomic E-state index is 0.344. The second-order valence-corrected chi connectivity index (χ2v) is 2.56. The molecule has 0 saturated heterocycles. The molecule has 1 atom stereocenters. The van der Waals surface area contributed by atoms with Gasteiger partial charge in [0.1, 0.15) is 0 Å². The fraction of sp³-hybridized carbons (Fsp3) is 0.889. The Bertz CT molecular complexity index is 74.0. The highest BCUT2D eigenvalue weighted by atomic mass is 16.5. The molecule has 0 N–H and O–H groups in total. The summed E-state index contributed by atoms with van der Waals surface area (Å²) >= 11 is 0. The Morgan fingerprint density at radius 3 is 2.73 bits per heavy atom. The van der Waals surface area contributed by atoms with Gasteiger partial charge in [0.2, 0.25) is 0 Å². The summed E-state index contributed by atoms with van der Waals surface area (Å²) in [5.74, 6) is 0. The van der Waals surface area contributed by atoms with E-state index in [0.29, 0.717) is 6.10 Å². The van der Waals surface area contributed by atoms with Gasteiger partial charge in [0.25, 0.3) is 0 Å². The standard InChI is InChI=1S/C9H19O2/c1-4-11-8-6-5-7-9(2)10-3/h5,9H,4,6-8H2,1-3H3. The molecule has 0 aliphatic carbocycles. The van der Waals surface area contributed by atoms with Crippen molar-refractivity contribution >= 4 is 0 Å². The van der Waals surface area contributed by atoms with E-state index in [4.69, 9.17) is 9.47 Å². The van der Waals surface area contributed by atoms with E-state index in [9.17, 15) is 0 Å². The van der Waals surface area contributed by atoms with E-state index in [1.165, 1.54) is 0 Å². The number of hydrogen-bond acceptors (Lipinski definition) is 2. The van der Waals surface area contributed by atoms with E-state index < -0.39 is 0 Å². The Hall–Kier alpha value is -0.0800. The minimum atomic E-state index is 0.344. The lowest BCUT2D eigenvalue weighted by Gasteiger charge is -2.07. The topological polar surface area (TPSA) is 18.5 Å². The number of rotatable bonds is 7. The van der Waals surface area contributed by atoms with E-state index in [1.807, 2.05) is 6.92 Å². The van der Waals surface area contributed by atoms with Crippen LogP contribution in [0.5, 0.6) is 0 Å². The van der Waals surface area contributed by atoms with E-state index in [0.717, 1.165) is 26.1 Å². The molecule has 11 heavy (non-hydrogen) atoms. The van der Waals surface area contributed by atoms with Crippen LogP contribution in [0.1, 0.15) is 26.7 Å². The van der Waals surface area contributed by atoms with Gasteiger partial charge in [-0.15, -0.1) is 0 Å². The molecule has 0 aromatic rings. The molecule has 2 nitrogen and oxygen atoms in total. The van der Waals surface area contributed by atoms with Crippen LogP contribution >= 0.6 is 0 Å². The Kier molecular flexibility index (Phi) is 7.96. The molecule has 67 valence electrons. The number of ether oxygens (including phenoxy) is 2. The van der Waals surface area contributed by atoms with Gasteiger partial charge in [-0.3, -0.25) is 0 Å². The first-order valence-electron chi connectivity index (χ1n) is 4.23. The van der Waals surface area contributed by atoms with Crippen molar-refractivity contribution in [1.82, 2.24) is 0 Å². The van der Waals surface area contributed by atoms with Gasteiger partial charge in [-0.05, 0) is 33.1 Å². The second-order valence-electron chi connectivity index (χ2n) is 2.56. The first-order valence-corrected chi connectivity index (χ1v) is 4.23. The lowest BCUT2D eigenvalue weighted by atomic mass is 10.2. The zero-order valence-electron chi connectivity index (χ0n) is 7.80. The number of unbranched alkanes of at least 4 members (excludes halogenated alkanes) is 1. The summed E-state index contributed by atoms with van der Waals surface area (Å²) in [6, 6.07) is 0. The highest BCUT2D eigenvalue weighted by Gasteiger charge is 1.97. The normalized spacial score (nSPS) is 13.4. The predicted molar refractivity (Wildman–Crippen MR) is 46.5 cm³/mol. The van der Waals surface area contributed by atoms with Crippen LogP contribution in [0, 0.1) is 6.42 Å².